The van der Waals surface area contributed by atoms with Gasteiger partial charge in [-0.3, -0.25) is 14.6 Å². The molecule has 0 aromatic carbocycles. The number of aromatic amines is 2. The Kier molecular flexibility index (Phi) is 2.49. The summed E-state index contributed by atoms with van der Waals surface area (Å²) < 4.78 is 0. The van der Waals surface area contributed by atoms with Crippen molar-refractivity contribution in [1.29, 1.82) is 0 Å². The fraction of sp³-hybridized carbons (Fsp3) is 0.167. The molecule has 64 valence electrons. The number of rotatable bonds is 2. The Hall–Kier alpha value is -1.30. The van der Waals surface area contributed by atoms with E-state index in [1.807, 2.05) is 4.98 Å². The Balaban J connectivity index is 3.10. The predicted molar refractivity (Wildman–Crippen MR) is 45.4 cm³/mol. The highest BCUT2D eigenvalue weighted by atomic mass is 32.1. The van der Waals surface area contributed by atoms with Crippen LogP contribution in [0.3, 0.4) is 0 Å². The molecular weight excluding hydrogens is 180 g/mol. The van der Waals surface area contributed by atoms with E-state index in [0.29, 0.717) is 0 Å². The minimum atomic E-state index is -0.588. The molecule has 0 saturated carbocycles. The average molecular weight is 186 g/mol. The molecular formula is C6H6N2O3S. The number of carbonyl (C=O) groups excluding carboxylic acids is 1. The normalized spacial score (nSPS) is 9.75. The van der Waals surface area contributed by atoms with Gasteiger partial charge in [-0.25, -0.2) is 4.79 Å². The van der Waals surface area contributed by atoms with Crippen molar-refractivity contribution in [1.82, 2.24) is 9.97 Å². The molecule has 0 aliphatic rings. The van der Waals surface area contributed by atoms with Gasteiger partial charge in [0.05, 0.1) is 0 Å². The SMILES string of the molecule is O=C(S)Cc1c[nH]c(=O)[nH]c1=O. The highest BCUT2D eigenvalue weighted by molar-refractivity contribution is 7.96. The molecule has 0 amide bonds. The van der Waals surface area contributed by atoms with Gasteiger partial charge in [-0.1, -0.05) is 0 Å². The first-order valence-corrected chi connectivity index (χ1v) is 3.57. The first-order valence-electron chi connectivity index (χ1n) is 3.12. The third kappa shape index (κ3) is 2.09. The molecule has 1 aromatic heterocycles. The molecule has 0 bridgehead atoms. The molecule has 0 saturated heterocycles. The Morgan fingerprint density at radius 1 is 1.50 bits per heavy atom. The molecule has 5 nitrogen and oxygen atoms in total. The predicted octanol–water partition coefficient (Wildman–Crippen LogP) is -0.938. The minimum Gasteiger partial charge on any atom is -0.314 e. The molecule has 12 heavy (non-hydrogen) atoms. The summed E-state index contributed by atoms with van der Waals surface area (Å²) in [4.78, 5) is 36.1. The zero-order valence-electron chi connectivity index (χ0n) is 5.96. The van der Waals surface area contributed by atoms with Gasteiger partial charge in [-0.05, 0) is 0 Å². The zero-order valence-corrected chi connectivity index (χ0v) is 6.85. The molecule has 2 N–H and O–H groups in total. The van der Waals surface area contributed by atoms with Crippen LogP contribution in [0, 0.1) is 0 Å². The van der Waals surface area contributed by atoms with Crippen LogP contribution >= 0.6 is 12.6 Å². The summed E-state index contributed by atoms with van der Waals surface area (Å²) in [5.74, 6) is 0. The third-order valence-corrected chi connectivity index (χ3v) is 1.40. The first kappa shape index (κ1) is 8.79. The van der Waals surface area contributed by atoms with E-state index >= 15 is 0 Å². The Bertz CT molecular complexity index is 406. The van der Waals surface area contributed by atoms with Gasteiger partial charge in [0.1, 0.15) is 0 Å². The van der Waals surface area contributed by atoms with E-state index in [-0.39, 0.29) is 12.0 Å². The lowest BCUT2D eigenvalue weighted by atomic mass is 10.2. The largest absolute Gasteiger partial charge is 0.325 e. The molecule has 1 aromatic rings. The van der Waals surface area contributed by atoms with E-state index in [9.17, 15) is 14.4 Å². The monoisotopic (exact) mass is 186 g/mol. The molecule has 0 aliphatic carbocycles. The second-order valence-electron chi connectivity index (χ2n) is 2.17. The quantitative estimate of drug-likeness (QED) is 0.521. The van der Waals surface area contributed by atoms with E-state index in [2.05, 4.69) is 17.6 Å². The Morgan fingerprint density at radius 3 is 2.67 bits per heavy atom. The summed E-state index contributed by atoms with van der Waals surface area (Å²) in [6, 6.07) is 0. The van der Waals surface area contributed by atoms with Gasteiger partial charge in [-0.15, -0.1) is 12.6 Å². The first-order chi connectivity index (χ1) is 5.59. The van der Waals surface area contributed by atoms with Crippen LogP contribution in [-0.4, -0.2) is 15.1 Å². The maximum atomic E-state index is 10.9. The number of aromatic nitrogens is 2. The van der Waals surface area contributed by atoms with Crippen molar-refractivity contribution in [3.63, 3.8) is 0 Å². The molecule has 6 heteroatoms. The minimum absolute atomic E-state index is 0.0881. The van der Waals surface area contributed by atoms with Crippen molar-refractivity contribution in [3.05, 3.63) is 32.6 Å². The highest BCUT2D eigenvalue weighted by Crippen LogP contribution is 1.90. The van der Waals surface area contributed by atoms with Crippen LogP contribution < -0.4 is 11.2 Å². The van der Waals surface area contributed by atoms with Crippen LogP contribution in [0.2, 0.25) is 0 Å². The molecule has 0 atom stereocenters. The van der Waals surface area contributed by atoms with Crippen molar-refractivity contribution in [3.8, 4) is 0 Å². The Labute approximate surface area is 72.2 Å². The summed E-state index contributed by atoms with van der Waals surface area (Å²) in [6.07, 6.45) is 1.12. The number of hydrogen-bond acceptors (Lipinski definition) is 3. The van der Waals surface area contributed by atoms with Crippen LogP contribution in [0.4, 0.5) is 0 Å². The fourth-order valence-corrected chi connectivity index (χ4v) is 0.902. The molecule has 1 rings (SSSR count). The lowest BCUT2D eigenvalue weighted by Crippen LogP contribution is -2.25. The third-order valence-electron chi connectivity index (χ3n) is 1.24. The molecule has 0 radical (unpaired) electrons. The summed E-state index contributed by atoms with van der Waals surface area (Å²) in [6.45, 7) is 0. The second-order valence-corrected chi connectivity index (χ2v) is 2.67. The maximum Gasteiger partial charge on any atom is 0.325 e. The maximum absolute atomic E-state index is 10.9. The summed E-state index contributed by atoms with van der Waals surface area (Å²) >= 11 is 3.50. The van der Waals surface area contributed by atoms with Gasteiger partial charge in [0.2, 0.25) is 0 Å². The van der Waals surface area contributed by atoms with Crippen molar-refractivity contribution in [2.24, 2.45) is 0 Å². The Morgan fingerprint density at radius 2 is 2.17 bits per heavy atom. The number of nitrogens with one attached hydrogen (secondary N) is 2. The number of carbonyl (C=O) groups is 1. The zero-order chi connectivity index (χ0) is 9.14. The van der Waals surface area contributed by atoms with Crippen LogP contribution in [-0.2, 0) is 11.2 Å². The number of H-pyrrole nitrogens is 2. The summed E-state index contributed by atoms with van der Waals surface area (Å²) in [5.41, 5.74) is -0.939. The van der Waals surface area contributed by atoms with E-state index in [4.69, 9.17) is 0 Å². The van der Waals surface area contributed by atoms with E-state index < -0.39 is 16.4 Å². The smallest absolute Gasteiger partial charge is 0.314 e. The lowest BCUT2D eigenvalue weighted by Gasteiger charge is -1.92. The fourth-order valence-electron chi connectivity index (χ4n) is 0.732. The van der Waals surface area contributed by atoms with Crippen molar-refractivity contribution in [2.45, 2.75) is 6.42 Å². The van der Waals surface area contributed by atoms with Gasteiger partial charge in [-0.2, -0.15) is 0 Å². The van der Waals surface area contributed by atoms with Crippen molar-refractivity contribution in [2.75, 3.05) is 0 Å². The second kappa shape index (κ2) is 3.40. The topological polar surface area (TPSA) is 82.8 Å². The van der Waals surface area contributed by atoms with Gasteiger partial charge < -0.3 is 4.98 Å². The van der Waals surface area contributed by atoms with Crippen LogP contribution in [0.1, 0.15) is 5.56 Å². The van der Waals surface area contributed by atoms with E-state index in [1.165, 1.54) is 6.20 Å². The van der Waals surface area contributed by atoms with Gasteiger partial charge in [0, 0.05) is 18.2 Å². The highest BCUT2D eigenvalue weighted by Gasteiger charge is 2.02. The molecule has 0 spiro atoms. The van der Waals surface area contributed by atoms with Gasteiger partial charge in [0.25, 0.3) is 5.56 Å². The van der Waals surface area contributed by atoms with Crippen LogP contribution in [0.25, 0.3) is 0 Å². The summed E-state index contributed by atoms with van der Waals surface area (Å²) in [7, 11) is 0. The summed E-state index contributed by atoms with van der Waals surface area (Å²) in [5, 5.41) is -0.424. The molecule has 0 unspecified atom stereocenters. The van der Waals surface area contributed by atoms with Crippen LogP contribution in [0.15, 0.2) is 15.8 Å². The molecule has 0 aliphatic heterocycles. The van der Waals surface area contributed by atoms with Gasteiger partial charge in [0.15, 0.2) is 5.12 Å². The lowest BCUT2D eigenvalue weighted by molar-refractivity contribution is -0.110. The van der Waals surface area contributed by atoms with Crippen molar-refractivity contribution >= 4 is 17.7 Å². The molecule has 1 heterocycles. The van der Waals surface area contributed by atoms with Gasteiger partial charge >= 0.3 is 5.69 Å². The average Bonchev–Trinajstić information content (AvgIpc) is 1.94. The standard InChI is InChI=1S/C6H6N2O3S/c9-4(12)1-3-2-7-6(11)8-5(3)10/h2H,1H2,(H,9,12)(H2,7,8,10,11). The van der Waals surface area contributed by atoms with Crippen LogP contribution in [0.5, 0.6) is 0 Å². The number of hydrogen-bond donors (Lipinski definition) is 3. The van der Waals surface area contributed by atoms with E-state index in [0.717, 1.165) is 0 Å². The molecule has 0 fully saturated rings. The van der Waals surface area contributed by atoms with E-state index in [1.54, 1.807) is 0 Å². The van der Waals surface area contributed by atoms with Crippen molar-refractivity contribution < 1.29 is 4.79 Å². The number of thiol groups is 1.